The van der Waals surface area contributed by atoms with Crippen molar-refractivity contribution in [1.29, 1.82) is 0 Å². The van der Waals surface area contributed by atoms with Gasteiger partial charge in [0, 0.05) is 4.11 Å². The Bertz CT molecular complexity index is 248. The molecule has 0 aliphatic rings. The molecule has 0 amide bonds. The maximum absolute atomic E-state index is 10.7. The highest BCUT2D eigenvalue weighted by molar-refractivity contribution is 5.80. The second-order valence-electron chi connectivity index (χ2n) is 2.61. The van der Waals surface area contributed by atoms with Gasteiger partial charge < -0.3 is 10.2 Å². The molecule has 0 aromatic rings. The van der Waals surface area contributed by atoms with Gasteiger partial charge in [-0.3, -0.25) is 9.59 Å². The molecule has 11 heavy (non-hydrogen) atoms. The summed E-state index contributed by atoms with van der Waals surface area (Å²) in [5.41, 5.74) is -1.74. The van der Waals surface area contributed by atoms with Crippen LogP contribution in [-0.2, 0) is 9.59 Å². The smallest absolute Gasteiger partial charge is 0.309 e. The van der Waals surface area contributed by atoms with Crippen LogP contribution >= 0.6 is 0 Å². The lowest BCUT2D eigenvalue weighted by molar-refractivity contribution is -0.154. The van der Waals surface area contributed by atoms with Crippen molar-refractivity contribution < 1.29 is 23.9 Å². The van der Waals surface area contributed by atoms with Crippen LogP contribution in [0.4, 0.5) is 0 Å². The van der Waals surface area contributed by atoms with Crippen LogP contribution in [0.3, 0.4) is 0 Å². The van der Waals surface area contributed by atoms with Gasteiger partial charge in [-0.25, -0.2) is 0 Å². The first kappa shape index (κ1) is 5.57. The van der Waals surface area contributed by atoms with Crippen LogP contribution < -0.4 is 0 Å². The number of carboxylic acid groups (broad SMARTS) is 2. The summed E-state index contributed by atoms with van der Waals surface area (Å²) in [5.74, 6) is -2.73. The topological polar surface area (TPSA) is 74.6 Å². The Hall–Kier alpha value is -1.06. The fraction of sp³-hybridized carbons (Fsp3) is 0.714. The van der Waals surface area contributed by atoms with E-state index in [1.54, 1.807) is 0 Å². The van der Waals surface area contributed by atoms with Crippen LogP contribution in [-0.4, -0.2) is 22.2 Å². The number of aliphatic carboxylic acids is 2. The van der Waals surface area contributed by atoms with Gasteiger partial charge in [0.1, 0.15) is 0 Å². The van der Waals surface area contributed by atoms with E-state index in [-0.39, 0.29) is 0 Å². The maximum Gasteiger partial charge on any atom is 0.309 e. The standard InChI is InChI=1S/C7H12O4/c1-3-7(2,6(10)11)4-5(8)9/h3-4H2,1-2H3,(H,8,9)(H,10,11)/i1D3. The van der Waals surface area contributed by atoms with Gasteiger partial charge in [-0.1, -0.05) is 6.85 Å². The summed E-state index contributed by atoms with van der Waals surface area (Å²) in [5, 5.41) is 17.2. The fourth-order valence-electron chi connectivity index (χ4n) is 0.547. The Labute approximate surface area is 69.1 Å². The molecule has 0 aromatic carbocycles. The van der Waals surface area contributed by atoms with Crippen LogP contribution in [0.5, 0.6) is 0 Å². The van der Waals surface area contributed by atoms with Gasteiger partial charge in [0.05, 0.1) is 11.8 Å². The Balaban J connectivity index is 4.73. The molecule has 2 N–H and O–H groups in total. The van der Waals surface area contributed by atoms with E-state index in [0.29, 0.717) is 0 Å². The minimum atomic E-state index is -2.44. The first-order valence-electron chi connectivity index (χ1n) is 4.52. The quantitative estimate of drug-likeness (QED) is 0.647. The molecule has 0 fully saturated rings. The molecule has 1 atom stereocenters. The summed E-state index contributed by atoms with van der Waals surface area (Å²) >= 11 is 0. The Morgan fingerprint density at radius 3 is 2.36 bits per heavy atom. The lowest BCUT2D eigenvalue weighted by atomic mass is 9.84. The predicted molar refractivity (Wildman–Crippen MR) is 38.3 cm³/mol. The first-order chi connectivity index (χ1) is 6.07. The van der Waals surface area contributed by atoms with E-state index >= 15 is 0 Å². The number of carboxylic acids is 2. The van der Waals surface area contributed by atoms with E-state index in [0.717, 1.165) is 6.92 Å². The molecule has 0 aliphatic heterocycles. The number of rotatable bonds is 4. The van der Waals surface area contributed by atoms with Crippen molar-refractivity contribution in [3.63, 3.8) is 0 Å². The fourth-order valence-corrected chi connectivity index (χ4v) is 0.547. The number of hydrogen-bond donors (Lipinski definition) is 2. The molecular formula is C7H12O4. The lowest BCUT2D eigenvalue weighted by Crippen LogP contribution is -2.29. The molecule has 4 nitrogen and oxygen atoms in total. The van der Waals surface area contributed by atoms with Crippen LogP contribution in [0.15, 0.2) is 0 Å². The van der Waals surface area contributed by atoms with E-state index in [1.807, 2.05) is 0 Å². The molecule has 0 aliphatic carbocycles. The zero-order chi connectivity index (χ0) is 11.6. The van der Waals surface area contributed by atoms with Crippen molar-refractivity contribution in [2.45, 2.75) is 26.6 Å². The van der Waals surface area contributed by atoms with E-state index in [9.17, 15) is 9.59 Å². The third-order valence-corrected chi connectivity index (χ3v) is 1.45. The summed E-state index contributed by atoms with van der Waals surface area (Å²) in [6, 6.07) is 0. The zero-order valence-electron chi connectivity index (χ0n) is 9.13. The molecule has 0 spiro atoms. The van der Waals surface area contributed by atoms with E-state index in [1.165, 1.54) is 0 Å². The Kier molecular flexibility index (Phi) is 1.71. The van der Waals surface area contributed by atoms with E-state index < -0.39 is 37.0 Å². The molecule has 1 unspecified atom stereocenters. The average molecular weight is 163 g/mol. The van der Waals surface area contributed by atoms with Crippen molar-refractivity contribution in [3.05, 3.63) is 0 Å². The van der Waals surface area contributed by atoms with Crippen molar-refractivity contribution in [3.8, 4) is 0 Å². The van der Waals surface area contributed by atoms with Gasteiger partial charge in [0.15, 0.2) is 0 Å². The van der Waals surface area contributed by atoms with Crippen LogP contribution in [0.1, 0.15) is 30.7 Å². The summed E-state index contributed by atoms with van der Waals surface area (Å²) in [4.78, 5) is 21.1. The summed E-state index contributed by atoms with van der Waals surface area (Å²) in [7, 11) is 0. The van der Waals surface area contributed by atoms with Gasteiger partial charge in [-0.15, -0.1) is 0 Å². The second-order valence-corrected chi connectivity index (χ2v) is 2.61. The second kappa shape index (κ2) is 3.37. The Morgan fingerprint density at radius 2 is 2.09 bits per heavy atom. The molecule has 0 bridgehead atoms. The molecule has 4 heteroatoms. The summed E-state index contributed by atoms with van der Waals surface area (Å²) in [6.07, 6.45) is -1.34. The molecule has 0 saturated heterocycles. The van der Waals surface area contributed by atoms with Crippen LogP contribution in [0.25, 0.3) is 0 Å². The molecule has 64 valence electrons. The third-order valence-electron chi connectivity index (χ3n) is 1.45. The van der Waals surface area contributed by atoms with Gasteiger partial charge >= 0.3 is 11.9 Å². The largest absolute Gasteiger partial charge is 0.481 e. The molecule has 0 heterocycles. The normalized spacial score (nSPS) is 20.6. The third kappa shape index (κ3) is 2.57. The Morgan fingerprint density at radius 1 is 1.55 bits per heavy atom. The molecule has 0 saturated carbocycles. The first-order valence-corrected chi connectivity index (χ1v) is 3.02. The summed E-state index contributed by atoms with van der Waals surface area (Å²) in [6.45, 7) is -1.32. The molecule has 0 aromatic heterocycles. The van der Waals surface area contributed by atoms with E-state index in [4.69, 9.17) is 14.3 Å². The minimum absolute atomic E-state index is 0.651. The van der Waals surface area contributed by atoms with E-state index in [2.05, 4.69) is 0 Å². The van der Waals surface area contributed by atoms with Gasteiger partial charge in [-0.2, -0.15) is 0 Å². The maximum atomic E-state index is 10.7. The van der Waals surface area contributed by atoms with Gasteiger partial charge in [-0.05, 0) is 13.3 Å². The van der Waals surface area contributed by atoms with Crippen LogP contribution in [0, 0.1) is 5.41 Å². The number of hydrogen-bond acceptors (Lipinski definition) is 2. The van der Waals surface area contributed by atoms with Crippen molar-refractivity contribution in [2.24, 2.45) is 5.41 Å². The molecule has 0 radical (unpaired) electrons. The van der Waals surface area contributed by atoms with Crippen LogP contribution in [0.2, 0.25) is 0 Å². The average Bonchev–Trinajstić information content (AvgIpc) is 1.79. The predicted octanol–water partition coefficient (Wildman–Crippen LogP) is 0.962. The highest BCUT2D eigenvalue weighted by Gasteiger charge is 2.33. The molecular weight excluding hydrogens is 148 g/mol. The van der Waals surface area contributed by atoms with Crippen molar-refractivity contribution in [1.82, 2.24) is 0 Å². The highest BCUT2D eigenvalue weighted by Crippen LogP contribution is 2.25. The molecule has 0 rings (SSSR count). The zero-order valence-corrected chi connectivity index (χ0v) is 6.13. The van der Waals surface area contributed by atoms with Crippen molar-refractivity contribution in [2.75, 3.05) is 0 Å². The monoisotopic (exact) mass is 163 g/mol. The minimum Gasteiger partial charge on any atom is -0.481 e. The number of carbonyl (C=O) groups is 2. The lowest BCUT2D eigenvalue weighted by Gasteiger charge is -2.19. The van der Waals surface area contributed by atoms with Gasteiger partial charge in [0.2, 0.25) is 0 Å². The summed E-state index contributed by atoms with van der Waals surface area (Å²) < 4.78 is 20.7. The van der Waals surface area contributed by atoms with Gasteiger partial charge in [0.25, 0.3) is 0 Å². The SMILES string of the molecule is [2H]C([2H])([2H])CC(C)(CC(=O)O)C(=O)O. The van der Waals surface area contributed by atoms with Crippen molar-refractivity contribution >= 4 is 11.9 Å². The highest BCUT2D eigenvalue weighted by atomic mass is 16.4.